The lowest BCUT2D eigenvalue weighted by Gasteiger charge is -2.22. The number of thiazole rings is 1. The van der Waals surface area contributed by atoms with Crippen LogP contribution in [-0.2, 0) is 4.79 Å². The number of hydrogen-bond donors (Lipinski definition) is 0. The van der Waals surface area contributed by atoms with Crippen LogP contribution in [-0.4, -0.2) is 56.7 Å². The van der Waals surface area contributed by atoms with Crippen molar-refractivity contribution in [3.63, 3.8) is 0 Å². The molecule has 1 aromatic heterocycles. The Morgan fingerprint density at radius 3 is 2.68 bits per heavy atom. The van der Waals surface area contributed by atoms with Crippen LogP contribution >= 0.6 is 27.3 Å². The number of fused-ring (bicyclic) bond motifs is 1. The van der Waals surface area contributed by atoms with E-state index in [2.05, 4.69) is 20.9 Å². The number of carbonyl (C=O) groups excluding carboxylic acids is 1. The quantitative estimate of drug-likeness (QED) is 0.504. The zero-order chi connectivity index (χ0) is 20.1. The van der Waals surface area contributed by atoms with Crippen molar-refractivity contribution in [2.75, 3.05) is 45.8 Å². The van der Waals surface area contributed by atoms with Gasteiger partial charge in [-0.2, -0.15) is 0 Å². The van der Waals surface area contributed by atoms with E-state index < -0.39 is 0 Å². The molecule has 8 heteroatoms. The van der Waals surface area contributed by atoms with E-state index in [9.17, 15) is 4.79 Å². The predicted octanol–water partition coefficient (Wildman–Crippen LogP) is 4.04. The van der Waals surface area contributed by atoms with E-state index in [4.69, 9.17) is 9.47 Å². The van der Waals surface area contributed by atoms with Gasteiger partial charge in [0.1, 0.15) is 11.5 Å². The zero-order valence-corrected chi connectivity index (χ0v) is 18.4. The summed E-state index contributed by atoms with van der Waals surface area (Å²) < 4.78 is 12.9. The fourth-order valence-corrected chi connectivity index (χ4v) is 4.10. The number of benzene rings is 2. The first kappa shape index (κ1) is 20.6. The second-order valence-electron chi connectivity index (χ2n) is 6.42. The summed E-state index contributed by atoms with van der Waals surface area (Å²) in [5.74, 6) is 1.14. The number of aromatic nitrogens is 1. The first-order chi connectivity index (χ1) is 13.5. The number of rotatable bonds is 8. The van der Waals surface area contributed by atoms with Crippen LogP contribution in [0.5, 0.6) is 11.5 Å². The van der Waals surface area contributed by atoms with E-state index in [1.807, 2.05) is 49.3 Å². The largest absolute Gasteiger partial charge is 0.497 e. The Labute approximate surface area is 176 Å². The lowest BCUT2D eigenvalue weighted by molar-refractivity contribution is -0.120. The van der Waals surface area contributed by atoms with E-state index in [1.54, 1.807) is 24.1 Å². The summed E-state index contributed by atoms with van der Waals surface area (Å²) in [7, 11) is 5.55. The van der Waals surface area contributed by atoms with E-state index in [0.717, 1.165) is 21.2 Å². The van der Waals surface area contributed by atoms with Crippen molar-refractivity contribution < 1.29 is 14.3 Å². The van der Waals surface area contributed by atoms with Gasteiger partial charge in [0.2, 0.25) is 0 Å². The summed E-state index contributed by atoms with van der Waals surface area (Å²) in [6.45, 7) is 1.19. The molecule has 0 radical (unpaired) electrons. The smallest absolute Gasteiger partial charge is 0.266 e. The molecule has 0 unspecified atom stereocenters. The van der Waals surface area contributed by atoms with E-state index in [0.29, 0.717) is 23.2 Å². The second kappa shape index (κ2) is 9.36. The van der Waals surface area contributed by atoms with E-state index in [1.165, 1.54) is 11.3 Å². The second-order valence-corrected chi connectivity index (χ2v) is 8.35. The summed E-state index contributed by atoms with van der Waals surface area (Å²) in [4.78, 5) is 21.3. The van der Waals surface area contributed by atoms with Crippen molar-refractivity contribution in [1.82, 2.24) is 9.88 Å². The molecule has 0 fully saturated rings. The van der Waals surface area contributed by atoms with Crippen molar-refractivity contribution in [3.8, 4) is 11.5 Å². The Morgan fingerprint density at radius 2 is 1.93 bits per heavy atom. The van der Waals surface area contributed by atoms with Crippen LogP contribution in [0.2, 0.25) is 0 Å². The number of anilines is 1. The van der Waals surface area contributed by atoms with Crippen molar-refractivity contribution in [2.45, 2.75) is 0 Å². The SMILES string of the molecule is COc1cccc(OCC(=O)N(CCN(C)C)c2nc3ccc(Br)cc3s2)c1. The highest BCUT2D eigenvalue weighted by molar-refractivity contribution is 9.10. The summed E-state index contributed by atoms with van der Waals surface area (Å²) in [5.41, 5.74) is 0.875. The van der Waals surface area contributed by atoms with Gasteiger partial charge in [-0.3, -0.25) is 9.69 Å². The van der Waals surface area contributed by atoms with Crippen LogP contribution in [0, 0.1) is 0 Å². The van der Waals surface area contributed by atoms with Crippen molar-refractivity contribution in [1.29, 1.82) is 0 Å². The summed E-state index contributed by atoms with van der Waals surface area (Å²) >= 11 is 4.98. The van der Waals surface area contributed by atoms with Crippen molar-refractivity contribution in [3.05, 3.63) is 46.9 Å². The number of ether oxygens (including phenoxy) is 2. The molecule has 2 aromatic carbocycles. The summed E-state index contributed by atoms with van der Waals surface area (Å²) in [6, 6.07) is 13.1. The molecule has 0 aliphatic carbocycles. The average molecular weight is 464 g/mol. The number of hydrogen-bond acceptors (Lipinski definition) is 6. The fourth-order valence-electron chi connectivity index (χ4n) is 2.54. The highest BCUT2D eigenvalue weighted by Crippen LogP contribution is 2.31. The number of halogens is 1. The number of likely N-dealkylation sites (N-methyl/N-ethyl adjacent to an activating group) is 1. The lowest BCUT2D eigenvalue weighted by Crippen LogP contribution is -2.39. The van der Waals surface area contributed by atoms with Gasteiger partial charge in [-0.05, 0) is 44.4 Å². The van der Waals surface area contributed by atoms with E-state index in [-0.39, 0.29) is 12.5 Å². The first-order valence-corrected chi connectivity index (χ1v) is 10.4. The number of amides is 1. The maximum atomic E-state index is 12.9. The third-order valence-corrected chi connectivity index (χ3v) is 5.58. The molecular weight excluding hydrogens is 442 g/mol. The Morgan fingerprint density at radius 1 is 1.14 bits per heavy atom. The predicted molar refractivity (Wildman–Crippen MR) is 117 cm³/mol. The molecular formula is C20H22BrN3O3S. The monoisotopic (exact) mass is 463 g/mol. The topological polar surface area (TPSA) is 54.9 Å². The van der Waals surface area contributed by atoms with Crippen LogP contribution in [0.3, 0.4) is 0 Å². The molecule has 0 saturated heterocycles. The lowest BCUT2D eigenvalue weighted by atomic mass is 10.3. The third-order valence-electron chi connectivity index (χ3n) is 4.05. The Hall–Kier alpha value is -2.16. The van der Waals surface area contributed by atoms with Crippen LogP contribution < -0.4 is 14.4 Å². The minimum absolute atomic E-state index is 0.0692. The molecule has 0 aliphatic heterocycles. The molecule has 148 valence electrons. The molecule has 0 atom stereocenters. The molecule has 0 spiro atoms. The van der Waals surface area contributed by atoms with Crippen LogP contribution in [0.15, 0.2) is 46.9 Å². The Kier molecular flexibility index (Phi) is 6.88. The fraction of sp³-hybridized carbons (Fsp3) is 0.300. The van der Waals surface area contributed by atoms with Gasteiger partial charge in [0.05, 0.1) is 17.3 Å². The van der Waals surface area contributed by atoms with Gasteiger partial charge in [-0.25, -0.2) is 4.98 Å². The van der Waals surface area contributed by atoms with Crippen LogP contribution in [0.1, 0.15) is 0 Å². The number of methoxy groups -OCH3 is 1. The van der Waals surface area contributed by atoms with Gasteiger partial charge in [0.15, 0.2) is 11.7 Å². The molecule has 6 nitrogen and oxygen atoms in total. The Balaban J connectivity index is 1.78. The molecule has 3 aromatic rings. The highest BCUT2D eigenvalue weighted by atomic mass is 79.9. The maximum absolute atomic E-state index is 12.9. The van der Waals surface area contributed by atoms with Gasteiger partial charge in [-0.1, -0.05) is 33.3 Å². The molecule has 1 amide bonds. The molecule has 28 heavy (non-hydrogen) atoms. The summed E-state index contributed by atoms with van der Waals surface area (Å²) in [6.07, 6.45) is 0. The van der Waals surface area contributed by atoms with Gasteiger partial charge in [-0.15, -0.1) is 0 Å². The number of nitrogens with zero attached hydrogens (tertiary/aromatic N) is 3. The molecule has 1 heterocycles. The van der Waals surface area contributed by atoms with Gasteiger partial charge in [0, 0.05) is 23.6 Å². The van der Waals surface area contributed by atoms with Crippen LogP contribution in [0.25, 0.3) is 10.2 Å². The first-order valence-electron chi connectivity index (χ1n) is 8.74. The highest BCUT2D eigenvalue weighted by Gasteiger charge is 2.20. The molecule has 0 saturated carbocycles. The van der Waals surface area contributed by atoms with Crippen molar-refractivity contribution in [2.24, 2.45) is 0 Å². The maximum Gasteiger partial charge on any atom is 0.266 e. The normalized spacial score (nSPS) is 11.0. The van der Waals surface area contributed by atoms with Gasteiger partial charge in [0.25, 0.3) is 5.91 Å². The van der Waals surface area contributed by atoms with Gasteiger partial charge >= 0.3 is 0 Å². The third kappa shape index (κ3) is 5.21. The van der Waals surface area contributed by atoms with Crippen molar-refractivity contribution >= 4 is 48.5 Å². The molecule has 0 bridgehead atoms. The van der Waals surface area contributed by atoms with Crippen LogP contribution in [0.4, 0.5) is 5.13 Å². The molecule has 0 N–H and O–H groups in total. The standard InChI is InChI=1S/C20H22BrN3O3S/c1-23(2)9-10-24(20-22-17-8-7-14(21)11-18(17)28-20)19(25)13-27-16-6-4-5-15(12-16)26-3/h4-8,11-12H,9-10,13H2,1-3H3. The minimum Gasteiger partial charge on any atom is -0.497 e. The van der Waals surface area contributed by atoms with Gasteiger partial charge < -0.3 is 14.4 Å². The molecule has 3 rings (SSSR count). The average Bonchev–Trinajstić information content (AvgIpc) is 3.09. The Bertz CT molecular complexity index is 961. The molecule has 0 aliphatic rings. The zero-order valence-electron chi connectivity index (χ0n) is 16.0. The summed E-state index contributed by atoms with van der Waals surface area (Å²) in [5, 5.41) is 0.675. The van der Waals surface area contributed by atoms with E-state index >= 15 is 0 Å². The number of carbonyl (C=O) groups is 1. The minimum atomic E-state index is -0.136.